The Morgan fingerprint density at radius 1 is 0.903 bits per heavy atom. The fraction of sp³-hybridized carbons (Fsp3) is 0.407. The van der Waals surface area contributed by atoms with Gasteiger partial charge in [0, 0.05) is 5.56 Å². The fourth-order valence-electron chi connectivity index (χ4n) is 5.06. The molecule has 3 unspecified atom stereocenters. The molecule has 3 atom stereocenters. The molecule has 164 valence electrons. The first-order valence-corrected chi connectivity index (χ1v) is 11.0. The standard InChI is InChI=1S/C27H29F3O/c1-17-11-18(16-28)3-4-23(12-17)25-15-22(9-10-26(25)31-2)20-5-6-21-14-24(27(29)30)8-7-19(21)13-20/h5-10,13-15,17-18,23,27H,3-4,11-12,16H2,1-2H3. The highest BCUT2D eigenvalue weighted by atomic mass is 19.3. The van der Waals surface area contributed by atoms with Gasteiger partial charge in [0.15, 0.2) is 0 Å². The molecule has 0 bridgehead atoms. The van der Waals surface area contributed by atoms with Crippen LogP contribution in [0.3, 0.4) is 0 Å². The smallest absolute Gasteiger partial charge is 0.263 e. The molecule has 0 aromatic heterocycles. The van der Waals surface area contributed by atoms with Gasteiger partial charge in [-0.05, 0) is 95.2 Å². The van der Waals surface area contributed by atoms with Gasteiger partial charge < -0.3 is 4.74 Å². The predicted octanol–water partition coefficient (Wildman–Crippen LogP) is 8.33. The molecule has 0 aliphatic heterocycles. The molecular formula is C27H29F3O. The Morgan fingerprint density at radius 3 is 2.35 bits per heavy atom. The molecule has 0 heterocycles. The molecule has 3 aromatic rings. The maximum Gasteiger partial charge on any atom is 0.263 e. The summed E-state index contributed by atoms with van der Waals surface area (Å²) in [6, 6.07) is 17.0. The summed E-state index contributed by atoms with van der Waals surface area (Å²) >= 11 is 0. The lowest BCUT2D eigenvalue weighted by Gasteiger charge is -2.21. The van der Waals surface area contributed by atoms with Crippen LogP contribution in [0.25, 0.3) is 21.9 Å². The van der Waals surface area contributed by atoms with Crippen molar-refractivity contribution in [1.29, 1.82) is 0 Å². The van der Waals surface area contributed by atoms with Crippen molar-refractivity contribution >= 4 is 10.8 Å². The Morgan fingerprint density at radius 2 is 1.61 bits per heavy atom. The third-order valence-electron chi connectivity index (χ3n) is 6.68. The van der Waals surface area contributed by atoms with Gasteiger partial charge in [0.25, 0.3) is 6.43 Å². The molecule has 1 fully saturated rings. The highest BCUT2D eigenvalue weighted by Crippen LogP contribution is 2.42. The monoisotopic (exact) mass is 426 g/mol. The van der Waals surface area contributed by atoms with Crippen molar-refractivity contribution in [2.24, 2.45) is 11.8 Å². The van der Waals surface area contributed by atoms with Crippen LogP contribution >= 0.6 is 0 Å². The number of benzene rings is 3. The van der Waals surface area contributed by atoms with Gasteiger partial charge in [-0.1, -0.05) is 37.3 Å². The SMILES string of the molecule is COc1ccc(-c2ccc3cc(C(F)F)ccc3c2)cc1C1CCC(CF)CC(C)C1. The second-order valence-corrected chi connectivity index (χ2v) is 8.95. The maximum absolute atomic E-state index is 13.3. The van der Waals surface area contributed by atoms with Gasteiger partial charge >= 0.3 is 0 Å². The summed E-state index contributed by atoms with van der Waals surface area (Å²) in [5, 5.41) is 1.75. The van der Waals surface area contributed by atoms with E-state index in [-0.39, 0.29) is 18.2 Å². The molecular weight excluding hydrogens is 397 g/mol. The summed E-state index contributed by atoms with van der Waals surface area (Å²) in [4.78, 5) is 0. The number of ether oxygens (including phenoxy) is 1. The lowest BCUT2D eigenvalue weighted by molar-refractivity contribution is 0.151. The third kappa shape index (κ3) is 4.73. The lowest BCUT2D eigenvalue weighted by Crippen LogP contribution is -2.05. The van der Waals surface area contributed by atoms with Crippen LogP contribution < -0.4 is 4.74 Å². The second kappa shape index (κ2) is 9.33. The van der Waals surface area contributed by atoms with Crippen molar-refractivity contribution in [3.8, 4) is 16.9 Å². The number of hydrogen-bond acceptors (Lipinski definition) is 1. The summed E-state index contributed by atoms with van der Waals surface area (Å²) in [6.45, 7) is 1.98. The van der Waals surface area contributed by atoms with Crippen LogP contribution in [0.1, 0.15) is 56.1 Å². The summed E-state index contributed by atoms with van der Waals surface area (Å²) in [7, 11) is 1.69. The van der Waals surface area contributed by atoms with Gasteiger partial charge in [-0.15, -0.1) is 0 Å². The minimum atomic E-state index is -2.47. The van der Waals surface area contributed by atoms with E-state index < -0.39 is 6.43 Å². The van der Waals surface area contributed by atoms with E-state index in [9.17, 15) is 13.2 Å². The molecule has 3 aromatic carbocycles. The zero-order valence-electron chi connectivity index (χ0n) is 18.1. The minimum Gasteiger partial charge on any atom is -0.496 e. The van der Waals surface area contributed by atoms with Crippen LogP contribution in [0.5, 0.6) is 5.75 Å². The van der Waals surface area contributed by atoms with Crippen LogP contribution in [-0.4, -0.2) is 13.8 Å². The first kappa shape index (κ1) is 21.7. The van der Waals surface area contributed by atoms with E-state index in [0.717, 1.165) is 53.3 Å². The quantitative estimate of drug-likeness (QED) is 0.373. The summed E-state index contributed by atoms with van der Waals surface area (Å²) in [6.07, 6.45) is 1.38. The van der Waals surface area contributed by atoms with Gasteiger partial charge in [-0.2, -0.15) is 0 Å². The van der Waals surface area contributed by atoms with Crippen LogP contribution in [0.4, 0.5) is 13.2 Å². The highest BCUT2D eigenvalue weighted by molar-refractivity contribution is 5.88. The third-order valence-corrected chi connectivity index (χ3v) is 6.68. The zero-order chi connectivity index (χ0) is 22.0. The number of halogens is 3. The lowest BCUT2D eigenvalue weighted by atomic mass is 9.86. The Balaban J connectivity index is 1.69. The Kier molecular flexibility index (Phi) is 6.54. The number of hydrogen-bond donors (Lipinski definition) is 0. The highest BCUT2D eigenvalue weighted by Gasteiger charge is 2.26. The molecule has 1 nitrogen and oxygen atoms in total. The fourth-order valence-corrected chi connectivity index (χ4v) is 5.06. The molecule has 1 aliphatic rings. The molecule has 0 N–H and O–H groups in total. The van der Waals surface area contributed by atoms with Crippen molar-refractivity contribution in [2.75, 3.05) is 13.8 Å². The predicted molar refractivity (Wildman–Crippen MR) is 121 cm³/mol. The van der Waals surface area contributed by atoms with E-state index >= 15 is 0 Å². The number of alkyl halides is 3. The molecule has 4 rings (SSSR count). The van der Waals surface area contributed by atoms with Crippen LogP contribution in [-0.2, 0) is 0 Å². The number of rotatable bonds is 5. The number of methoxy groups -OCH3 is 1. The molecule has 0 spiro atoms. The van der Waals surface area contributed by atoms with Crippen molar-refractivity contribution < 1.29 is 17.9 Å². The molecule has 1 saturated carbocycles. The van der Waals surface area contributed by atoms with Crippen LogP contribution in [0, 0.1) is 11.8 Å². The topological polar surface area (TPSA) is 9.23 Å². The first-order valence-electron chi connectivity index (χ1n) is 11.0. The molecule has 31 heavy (non-hydrogen) atoms. The molecule has 4 heteroatoms. The molecule has 1 aliphatic carbocycles. The maximum atomic E-state index is 13.3. The van der Waals surface area contributed by atoms with E-state index in [4.69, 9.17) is 4.74 Å². The van der Waals surface area contributed by atoms with E-state index in [1.807, 2.05) is 30.3 Å². The van der Waals surface area contributed by atoms with E-state index in [2.05, 4.69) is 13.0 Å². The minimum absolute atomic E-state index is 0.0426. The van der Waals surface area contributed by atoms with E-state index in [0.29, 0.717) is 11.8 Å². The van der Waals surface area contributed by atoms with Gasteiger partial charge in [0.05, 0.1) is 13.8 Å². The van der Waals surface area contributed by atoms with E-state index in [1.165, 1.54) is 11.6 Å². The van der Waals surface area contributed by atoms with Gasteiger partial charge in [0.1, 0.15) is 5.75 Å². The van der Waals surface area contributed by atoms with Crippen LogP contribution in [0.2, 0.25) is 0 Å². The Bertz CT molecular complexity index is 1050. The van der Waals surface area contributed by atoms with Crippen molar-refractivity contribution in [3.05, 3.63) is 65.7 Å². The second-order valence-electron chi connectivity index (χ2n) is 8.95. The first-order chi connectivity index (χ1) is 15.0. The van der Waals surface area contributed by atoms with Crippen molar-refractivity contribution in [2.45, 2.75) is 45.0 Å². The normalized spacial score (nSPS) is 21.9. The summed E-state index contributed by atoms with van der Waals surface area (Å²) in [5.74, 6) is 1.86. The van der Waals surface area contributed by atoms with Gasteiger partial charge in [-0.25, -0.2) is 8.78 Å². The average molecular weight is 427 g/mol. The van der Waals surface area contributed by atoms with E-state index in [1.54, 1.807) is 19.2 Å². The van der Waals surface area contributed by atoms with Crippen molar-refractivity contribution in [1.82, 2.24) is 0 Å². The zero-order valence-corrected chi connectivity index (χ0v) is 18.1. The summed E-state index contributed by atoms with van der Waals surface area (Å²) in [5.41, 5.74) is 3.35. The van der Waals surface area contributed by atoms with Crippen molar-refractivity contribution in [3.63, 3.8) is 0 Å². The molecule has 0 radical (unpaired) electrons. The van der Waals surface area contributed by atoms with Gasteiger partial charge in [-0.3, -0.25) is 4.39 Å². The van der Waals surface area contributed by atoms with Gasteiger partial charge in [0.2, 0.25) is 0 Å². The molecule has 0 amide bonds. The average Bonchev–Trinajstić information content (AvgIpc) is 2.98. The molecule has 0 saturated heterocycles. The largest absolute Gasteiger partial charge is 0.496 e. The Labute approximate surface area is 182 Å². The summed E-state index contributed by atoms with van der Waals surface area (Å²) < 4.78 is 45.0. The number of fused-ring (bicyclic) bond motifs is 1. The Hall–Kier alpha value is -2.49. The van der Waals surface area contributed by atoms with Crippen LogP contribution in [0.15, 0.2) is 54.6 Å².